The molecule has 1 aliphatic carbocycles. The van der Waals surface area contributed by atoms with E-state index in [9.17, 15) is 0 Å². The van der Waals surface area contributed by atoms with E-state index in [1.54, 1.807) is 6.33 Å². The minimum Gasteiger partial charge on any atom is -0.363 e. The van der Waals surface area contributed by atoms with Gasteiger partial charge >= 0.3 is 0 Å². The Morgan fingerprint density at radius 2 is 1.66 bits per heavy atom. The highest BCUT2D eigenvalue weighted by Gasteiger charge is 2.37. The lowest BCUT2D eigenvalue weighted by molar-refractivity contribution is 0.457. The van der Waals surface area contributed by atoms with Gasteiger partial charge in [-0.25, -0.2) is 19.5 Å². The molecule has 0 amide bonds. The molecule has 4 heterocycles. The lowest BCUT2D eigenvalue weighted by Gasteiger charge is -2.40. The van der Waals surface area contributed by atoms with Crippen molar-refractivity contribution in [2.45, 2.75) is 44.7 Å². The maximum atomic E-state index is 4.68. The third kappa shape index (κ3) is 3.47. The van der Waals surface area contributed by atoms with Gasteiger partial charge in [-0.15, -0.1) is 0 Å². The number of nitrogens with zero attached hydrogens (tertiary/aromatic N) is 8. The zero-order chi connectivity index (χ0) is 20.0. The normalized spacial score (nSPS) is 17.7. The largest absolute Gasteiger partial charge is 0.363 e. The van der Waals surface area contributed by atoms with Gasteiger partial charge in [-0.2, -0.15) is 5.10 Å². The maximum Gasteiger partial charge on any atom is 0.154 e. The van der Waals surface area contributed by atoms with Crippen molar-refractivity contribution in [2.24, 2.45) is 0 Å². The summed E-state index contributed by atoms with van der Waals surface area (Å²) in [5.41, 5.74) is 2.11. The second kappa shape index (κ2) is 7.17. The zero-order valence-corrected chi connectivity index (χ0v) is 17.4. The topological polar surface area (TPSA) is 65.7 Å². The minimum absolute atomic E-state index is 0.509. The third-order valence-corrected chi connectivity index (χ3v) is 5.95. The molecule has 0 unspecified atom stereocenters. The molecule has 3 aromatic rings. The van der Waals surface area contributed by atoms with Crippen molar-refractivity contribution in [3.63, 3.8) is 0 Å². The molecule has 3 aromatic heterocycles. The summed E-state index contributed by atoms with van der Waals surface area (Å²) in [7, 11) is 4.05. The van der Waals surface area contributed by atoms with Crippen LogP contribution in [0.3, 0.4) is 0 Å². The van der Waals surface area contributed by atoms with Crippen molar-refractivity contribution in [2.75, 3.05) is 41.9 Å². The summed E-state index contributed by atoms with van der Waals surface area (Å²) in [4.78, 5) is 20.7. The van der Waals surface area contributed by atoms with Crippen LogP contribution in [0.1, 0.15) is 31.4 Å². The van der Waals surface area contributed by atoms with Crippen LogP contribution in [0.25, 0.3) is 5.52 Å². The van der Waals surface area contributed by atoms with Crippen LogP contribution >= 0.6 is 0 Å². The van der Waals surface area contributed by atoms with E-state index in [1.807, 2.05) is 42.8 Å². The minimum atomic E-state index is 0.509. The van der Waals surface area contributed by atoms with Crippen LogP contribution in [-0.2, 0) is 0 Å². The monoisotopic (exact) mass is 392 g/mol. The average molecular weight is 393 g/mol. The van der Waals surface area contributed by atoms with Crippen molar-refractivity contribution >= 4 is 23.0 Å². The van der Waals surface area contributed by atoms with Crippen molar-refractivity contribution in [3.8, 4) is 0 Å². The predicted molar refractivity (Wildman–Crippen MR) is 115 cm³/mol. The first-order chi connectivity index (χ1) is 14.1. The molecule has 8 heteroatoms. The van der Waals surface area contributed by atoms with Gasteiger partial charge in [0, 0.05) is 57.7 Å². The molecule has 8 nitrogen and oxygen atoms in total. The first kappa shape index (κ1) is 18.1. The molecule has 0 aromatic carbocycles. The highest BCUT2D eigenvalue weighted by molar-refractivity contribution is 5.69. The average Bonchev–Trinajstić information content (AvgIpc) is 3.48. The molecule has 29 heavy (non-hydrogen) atoms. The number of hydrogen-bond donors (Lipinski definition) is 0. The molecule has 0 atom stereocenters. The van der Waals surface area contributed by atoms with Crippen LogP contribution in [0.4, 0.5) is 17.5 Å². The lowest BCUT2D eigenvalue weighted by Crippen LogP contribution is -2.46. The quantitative estimate of drug-likeness (QED) is 0.661. The van der Waals surface area contributed by atoms with Gasteiger partial charge in [0.25, 0.3) is 0 Å². The van der Waals surface area contributed by atoms with Crippen LogP contribution < -0.4 is 14.7 Å². The second-order valence-electron chi connectivity index (χ2n) is 8.35. The van der Waals surface area contributed by atoms with Crippen molar-refractivity contribution in [3.05, 3.63) is 36.5 Å². The van der Waals surface area contributed by atoms with Gasteiger partial charge in [0.15, 0.2) is 5.82 Å². The summed E-state index contributed by atoms with van der Waals surface area (Å²) < 4.78 is 1.93. The highest BCUT2D eigenvalue weighted by Crippen LogP contribution is 2.36. The summed E-state index contributed by atoms with van der Waals surface area (Å²) in [5, 5.41) is 4.53. The zero-order valence-electron chi connectivity index (χ0n) is 17.4. The summed E-state index contributed by atoms with van der Waals surface area (Å²) >= 11 is 0. The van der Waals surface area contributed by atoms with Crippen molar-refractivity contribution in [1.29, 1.82) is 0 Å². The number of aryl methyl sites for hydroxylation is 1. The second-order valence-corrected chi connectivity index (χ2v) is 8.35. The van der Waals surface area contributed by atoms with Crippen LogP contribution in [-0.4, -0.2) is 63.8 Å². The standard InChI is InChI=1S/C21H28N8/c1-15-12-18-21(22-8-11-28(18)25-15)27-9-6-17(7-10-27)29(16-4-5-16)20-13-19(26(2)3)23-14-24-20/h8,11-14,16-17H,4-7,9-10H2,1-3H3. The van der Waals surface area contributed by atoms with Gasteiger partial charge in [-0.1, -0.05) is 0 Å². The number of anilines is 3. The molecule has 1 saturated carbocycles. The molecule has 0 bridgehead atoms. The number of piperidine rings is 1. The smallest absolute Gasteiger partial charge is 0.154 e. The molecule has 2 aliphatic rings. The summed E-state index contributed by atoms with van der Waals surface area (Å²) in [6, 6.07) is 5.38. The van der Waals surface area contributed by atoms with Crippen LogP contribution in [0, 0.1) is 6.92 Å². The van der Waals surface area contributed by atoms with E-state index in [0.29, 0.717) is 12.1 Å². The molecule has 0 N–H and O–H groups in total. The molecule has 2 fully saturated rings. The van der Waals surface area contributed by atoms with Crippen LogP contribution in [0.2, 0.25) is 0 Å². The number of aromatic nitrogens is 5. The van der Waals surface area contributed by atoms with Gasteiger partial charge in [0.2, 0.25) is 0 Å². The Hall–Kier alpha value is -2.90. The Bertz CT molecular complexity index is 1000. The van der Waals surface area contributed by atoms with Gasteiger partial charge in [-0.05, 0) is 38.7 Å². The fraction of sp³-hybridized carbons (Fsp3) is 0.524. The molecular weight excluding hydrogens is 364 g/mol. The van der Waals surface area contributed by atoms with E-state index in [1.165, 1.54) is 12.8 Å². The van der Waals surface area contributed by atoms with Gasteiger partial charge in [0.05, 0.1) is 5.69 Å². The highest BCUT2D eigenvalue weighted by atomic mass is 15.3. The van der Waals surface area contributed by atoms with E-state index in [0.717, 1.165) is 54.6 Å². The summed E-state index contributed by atoms with van der Waals surface area (Å²) in [6.07, 6.45) is 10.2. The fourth-order valence-electron chi connectivity index (χ4n) is 4.38. The van der Waals surface area contributed by atoms with Gasteiger partial charge in [-0.3, -0.25) is 0 Å². The van der Waals surface area contributed by atoms with E-state index in [-0.39, 0.29) is 0 Å². The Morgan fingerprint density at radius 1 is 0.931 bits per heavy atom. The fourth-order valence-corrected chi connectivity index (χ4v) is 4.38. The molecule has 0 radical (unpaired) electrons. The first-order valence-corrected chi connectivity index (χ1v) is 10.4. The Labute approximate surface area is 171 Å². The molecular formula is C21H28N8. The summed E-state index contributed by atoms with van der Waals surface area (Å²) in [6.45, 7) is 4.02. The van der Waals surface area contributed by atoms with Crippen molar-refractivity contribution in [1.82, 2.24) is 24.6 Å². The number of hydrogen-bond acceptors (Lipinski definition) is 7. The molecule has 0 spiro atoms. The maximum absolute atomic E-state index is 4.68. The first-order valence-electron chi connectivity index (χ1n) is 10.4. The molecule has 5 rings (SSSR count). The van der Waals surface area contributed by atoms with E-state index in [4.69, 9.17) is 0 Å². The van der Waals surface area contributed by atoms with E-state index in [2.05, 4.69) is 42.0 Å². The third-order valence-electron chi connectivity index (χ3n) is 5.95. The Morgan fingerprint density at radius 3 is 2.38 bits per heavy atom. The number of rotatable bonds is 5. The van der Waals surface area contributed by atoms with Crippen LogP contribution in [0.15, 0.2) is 30.9 Å². The predicted octanol–water partition coefficient (Wildman–Crippen LogP) is 2.53. The Kier molecular flexibility index (Phi) is 4.49. The molecule has 1 aliphatic heterocycles. The van der Waals surface area contributed by atoms with E-state index < -0.39 is 0 Å². The van der Waals surface area contributed by atoms with Gasteiger partial charge in [0.1, 0.15) is 23.5 Å². The van der Waals surface area contributed by atoms with Crippen LogP contribution in [0.5, 0.6) is 0 Å². The summed E-state index contributed by atoms with van der Waals surface area (Å²) in [5.74, 6) is 3.07. The Balaban J connectivity index is 1.35. The molecule has 152 valence electrons. The lowest BCUT2D eigenvalue weighted by atomic mass is 10.0. The van der Waals surface area contributed by atoms with Crippen molar-refractivity contribution < 1.29 is 0 Å². The van der Waals surface area contributed by atoms with E-state index >= 15 is 0 Å². The molecule has 1 saturated heterocycles. The van der Waals surface area contributed by atoms with Gasteiger partial charge < -0.3 is 14.7 Å². The number of fused-ring (bicyclic) bond motifs is 1. The SMILES string of the molecule is Cc1cc2c(N3CCC(N(c4cc(N(C)C)ncn4)C4CC4)CC3)nccn2n1.